The van der Waals surface area contributed by atoms with Crippen LogP contribution in [0.15, 0.2) is 41.4 Å². The molecule has 3 aliphatic rings. The maximum Gasteiger partial charge on any atom is 0.237 e. The van der Waals surface area contributed by atoms with E-state index in [0.29, 0.717) is 61.8 Å². The highest BCUT2D eigenvalue weighted by Crippen LogP contribution is 2.35. The second-order valence-electron chi connectivity index (χ2n) is 7.71. The minimum absolute atomic E-state index is 0.282. The summed E-state index contributed by atoms with van der Waals surface area (Å²) in [4.78, 5) is 18.4. The lowest BCUT2D eigenvalue weighted by molar-refractivity contribution is -0.169. The predicted octanol–water partition coefficient (Wildman–Crippen LogP) is 3.75. The summed E-state index contributed by atoms with van der Waals surface area (Å²) in [5.74, 6) is -2.29. The molecule has 0 aromatic heterocycles. The third kappa shape index (κ3) is 3.46. The van der Waals surface area contributed by atoms with Crippen LogP contribution in [0.2, 0.25) is 0 Å². The number of piperidine rings is 1. The Morgan fingerprint density at radius 3 is 2.60 bits per heavy atom. The average Bonchev–Trinajstić information content (AvgIpc) is 3.31. The summed E-state index contributed by atoms with van der Waals surface area (Å²) in [7, 11) is 0. The van der Waals surface area contributed by atoms with Crippen LogP contribution in [0.1, 0.15) is 24.3 Å². The molecule has 0 radical (unpaired) electrons. The number of nitrogens with one attached hydrogen (secondary N) is 1. The van der Waals surface area contributed by atoms with E-state index in [0.717, 1.165) is 0 Å². The van der Waals surface area contributed by atoms with Crippen LogP contribution in [0.5, 0.6) is 0 Å². The van der Waals surface area contributed by atoms with Gasteiger partial charge in [-0.05, 0) is 35.9 Å². The Bertz CT molecular complexity index is 1010. The smallest absolute Gasteiger partial charge is 0.237 e. The van der Waals surface area contributed by atoms with Gasteiger partial charge in [0.2, 0.25) is 5.91 Å². The van der Waals surface area contributed by atoms with Gasteiger partial charge in [0, 0.05) is 43.9 Å². The van der Waals surface area contributed by atoms with Gasteiger partial charge in [0.25, 0.3) is 0 Å². The molecule has 5 rings (SSSR count). The van der Waals surface area contributed by atoms with Crippen molar-refractivity contribution in [3.05, 3.63) is 53.6 Å². The minimum Gasteiger partial charge on any atom is -0.369 e. The van der Waals surface area contributed by atoms with Crippen molar-refractivity contribution in [2.24, 2.45) is 4.99 Å². The first-order valence-corrected chi connectivity index (χ1v) is 10.00. The predicted molar refractivity (Wildman–Crippen MR) is 108 cm³/mol. The second-order valence-corrected chi connectivity index (χ2v) is 7.71. The Morgan fingerprint density at radius 1 is 1.10 bits per heavy atom. The Morgan fingerprint density at radius 2 is 1.87 bits per heavy atom. The lowest BCUT2D eigenvalue weighted by Crippen LogP contribution is -2.45. The first-order chi connectivity index (χ1) is 14.5. The molecule has 2 aromatic rings. The van der Waals surface area contributed by atoms with Gasteiger partial charge in [-0.1, -0.05) is 0 Å². The highest BCUT2D eigenvalue weighted by atomic mass is 19.1. The van der Waals surface area contributed by atoms with Gasteiger partial charge in [-0.3, -0.25) is 9.79 Å². The maximum atomic E-state index is 14.8. The van der Waals surface area contributed by atoms with Gasteiger partial charge in [-0.15, -0.1) is 0 Å². The number of hydrogen-bond acceptors (Lipinski definition) is 5. The highest BCUT2D eigenvalue weighted by molar-refractivity contribution is 6.12. The van der Waals surface area contributed by atoms with E-state index >= 15 is 0 Å². The maximum absolute atomic E-state index is 14.8. The Balaban J connectivity index is 1.30. The molecule has 3 aliphatic heterocycles. The summed E-state index contributed by atoms with van der Waals surface area (Å²) >= 11 is 0. The van der Waals surface area contributed by atoms with Gasteiger partial charge in [-0.2, -0.15) is 0 Å². The molecule has 8 heteroatoms. The number of rotatable bonds is 3. The Labute approximate surface area is 172 Å². The topological polar surface area (TPSA) is 63.2 Å². The molecule has 156 valence electrons. The molecule has 2 aromatic carbocycles. The third-order valence-corrected chi connectivity index (χ3v) is 5.87. The molecular formula is C22H21F2N3O3. The van der Waals surface area contributed by atoms with Crippen LogP contribution in [0.4, 0.5) is 25.8 Å². The first kappa shape index (κ1) is 19.1. The van der Waals surface area contributed by atoms with Gasteiger partial charge >= 0.3 is 0 Å². The van der Waals surface area contributed by atoms with E-state index in [-0.39, 0.29) is 11.7 Å². The number of ether oxygens (including phenoxy) is 2. The number of carbonyl (C=O) groups excluding carboxylic acids is 1. The van der Waals surface area contributed by atoms with E-state index in [1.54, 1.807) is 12.1 Å². The van der Waals surface area contributed by atoms with E-state index in [1.165, 1.54) is 30.5 Å². The summed E-state index contributed by atoms with van der Waals surface area (Å²) in [6.07, 6.45) is 2.81. The summed E-state index contributed by atoms with van der Waals surface area (Å²) in [6, 6.07) is 8.88. The molecule has 1 spiro atoms. The average molecular weight is 413 g/mol. The fraction of sp³-hybridized carbons (Fsp3) is 0.364. The standard InChI is InChI=1S/C22H21F2N3O3/c23-14-1-3-19-16(11-14)17(21(28)26-19)13-25-15-2-4-20(18(24)12-15)27-7-5-22(6-8-27)29-9-10-30-22/h1-4,11-13,17H,5-10H2,(H,26,28). The van der Waals surface area contributed by atoms with E-state index in [2.05, 4.69) is 10.3 Å². The molecule has 1 unspecified atom stereocenters. The van der Waals surface area contributed by atoms with Crippen molar-refractivity contribution in [2.45, 2.75) is 24.5 Å². The van der Waals surface area contributed by atoms with Crippen LogP contribution in [0.3, 0.4) is 0 Å². The SMILES string of the molecule is O=C1Nc2ccc(F)cc2C1C=Nc1ccc(N2CCC3(CC2)OCCO3)c(F)c1. The minimum atomic E-state index is -0.705. The normalized spacial score (nSPS) is 22.7. The number of benzene rings is 2. The van der Waals surface area contributed by atoms with Gasteiger partial charge in [0.15, 0.2) is 5.79 Å². The quantitative estimate of drug-likeness (QED) is 0.779. The van der Waals surface area contributed by atoms with Crippen LogP contribution in [0.25, 0.3) is 0 Å². The zero-order valence-electron chi connectivity index (χ0n) is 16.2. The molecule has 1 N–H and O–H groups in total. The van der Waals surface area contributed by atoms with Crippen LogP contribution < -0.4 is 10.2 Å². The van der Waals surface area contributed by atoms with Gasteiger partial charge in [0.1, 0.15) is 17.6 Å². The number of anilines is 2. The zero-order valence-corrected chi connectivity index (χ0v) is 16.2. The highest BCUT2D eigenvalue weighted by Gasteiger charge is 2.40. The third-order valence-electron chi connectivity index (χ3n) is 5.87. The fourth-order valence-corrected chi connectivity index (χ4v) is 4.27. The lowest BCUT2D eigenvalue weighted by atomic mass is 10.0. The molecule has 3 heterocycles. The monoisotopic (exact) mass is 413 g/mol. The summed E-state index contributed by atoms with van der Waals surface area (Å²) in [6.45, 7) is 2.50. The van der Waals surface area contributed by atoms with Gasteiger partial charge in [-0.25, -0.2) is 8.78 Å². The number of fused-ring (bicyclic) bond motifs is 1. The lowest BCUT2D eigenvalue weighted by Gasteiger charge is -2.38. The number of aliphatic imine (C=N–C) groups is 1. The van der Waals surface area contributed by atoms with Crippen molar-refractivity contribution in [3.8, 4) is 0 Å². The van der Waals surface area contributed by atoms with Crippen LogP contribution in [-0.4, -0.2) is 44.2 Å². The van der Waals surface area contributed by atoms with Gasteiger partial charge < -0.3 is 19.7 Å². The van der Waals surface area contributed by atoms with Crippen molar-refractivity contribution in [1.82, 2.24) is 0 Å². The number of amides is 1. The molecule has 2 fully saturated rings. The number of carbonyl (C=O) groups is 1. The molecule has 30 heavy (non-hydrogen) atoms. The molecule has 1 atom stereocenters. The Kier molecular flexibility index (Phi) is 4.75. The molecule has 0 bridgehead atoms. The van der Waals surface area contributed by atoms with Crippen molar-refractivity contribution in [1.29, 1.82) is 0 Å². The fourth-order valence-electron chi connectivity index (χ4n) is 4.27. The first-order valence-electron chi connectivity index (χ1n) is 10.00. The summed E-state index contributed by atoms with van der Waals surface area (Å²) < 4.78 is 39.7. The molecule has 0 aliphatic carbocycles. The second kappa shape index (κ2) is 7.45. The van der Waals surface area contributed by atoms with Crippen molar-refractivity contribution >= 4 is 29.2 Å². The van der Waals surface area contributed by atoms with Crippen molar-refractivity contribution in [2.75, 3.05) is 36.5 Å². The Hall–Kier alpha value is -2.84. The molecule has 2 saturated heterocycles. The molecule has 1 amide bonds. The van der Waals surface area contributed by atoms with Crippen molar-refractivity contribution in [3.63, 3.8) is 0 Å². The van der Waals surface area contributed by atoms with Crippen LogP contribution >= 0.6 is 0 Å². The largest absolute Gasteiger partial charge is 0.369 e. The van der Waals surface area contributed by atoms with E-state index in [4.69, 9.17) is 9.47 Å². The summed E-state index contributed by atoms with van der Waals surface area (Å²) in [5.41, 5.74) is 1.99. The number of halogens is 2. The molecule has 6 nitrogen and oxygen atoms in total. The number of nitrogens with zero attached hydrogens (tertiary/aromatic N) is 2. The molecule has 0 saturated carbocycles. The zero-order chi connectivity index (χ0) is 20.7. The van der Waals surface area contributed by atoms with Crippen LogP contribution in [-0.2, 0) is 14.3 Å². The summed E-state index contributed by atoms with van der Waals surface area (Å²) in [5, 5.41) is 2.70. The van der Waals surface area contributed by atoms with E-state index < -0.39 is 17.5 Å². The van der Waals surface area contributed by atoms with E-state index in [1.807, 2.05) is 4.90 Å². The molecular weight excluding hydrogens is 392 g/mol. The van der Waals surface area contributed by atoms with Crippen LogP contribution in [0, 0.1) is 11.6 Å². The van der Waals surface area contributed by atoms with E-state index in [9.17, 15) is 13.6 Å². The number of hydrogen-bond donors (Lipinski definition) is 1. The van der Waals surface area contributed by atoms with Gasteiger partial charge in [0.05, 0.1) is 24.6 Å². The van der Waals surface area contributed by atoms with Crippen molar-refractivity contribution < 1.29 is 23.0 Å².